The van der Waals surface area contributed by atoms with Crippen LogP contribution in [0.15, 0.2) is 30.3 Å². The maximum absolute atomic E-state index is 12.4. The molecule has 4 aliphatic rings. The molecule has 1 aromatic rings. The summed E-state index contributed by atoms with van der Waals surface area (Å²) < 4.78 is 5.31. The third kappa shape index (κ3) is 7.88. The van der Waals surface area contributed by atoms with Crippen molar-refractivity contribution in [3.8, 4) is 25.7 Å². The molecule has 0 bridgehead atoms. The van der Waals surface area contributed by atoms with Gasteiger partial charge in [0.25, 0.3) is 0 Å². The van der Waals surface area contributed by atoms with Crippen molar-refractivity contribution < 1.29 is 9.53 Å². The van der Waals surface area contributed by atoms with Crippen LogP contribution in [0.1, 0.15) is 50.5 Å². The molecule has 5 nitrogen and oxygen atoms in total. The largest absolute Gasteiger partial charge is 0.381 e. The Morgan fingerprint density at radius 1 is 1.00 bits per heavy atom. The summed E-state index contributed by atoms with van der Waals surface area (Å²) in [6.07, 6.45) is 25.3. The van der Waals surface area contributed by atoms with Crippen molar-refractivity contribution in [3.63, 3.8) is 0 Å². The van der Waals surface area contributed by atoms with E-state index in [0.29, 0.717) is 11.8 Å². The van der Waals surface area contributed by atoms with Gasteiger partial charge in [0.15, 0.2) is 0 Å². The van der Waals surface area contributed by atoms with E-state index in [1.165, 1.54) is 57.3 Å². The Morgan fingerprint density at radius 2 is 1.65 bits per heavy atom. The molecule has 1 aliphatic carbocycles. The lowest BCUT2D eigenvalue weighted by Gasteiger charge is -2.28. The van der Waals surface area contributed by atoms with E-state index in [4.69, 9.17) is 10.5 Å². The third-order valence-corrected chi connectivity index (χ3v) is 7.57. The Labute approximate surface area is 207 Å². The SMILES string of the molecule is C#C.C#C.NC12CCCC1CN(C(=O)C1CCOCC1)C2.c1ccc(CCN2CCCC2)cc1. The zero-order chi connectivity index (χ0) is 24.8. The highest BCUT2D eigenvalue weighted by Crippen LogP contribution is 2.40. The number of terminal acetylenes is 2. The fourth-order valence-corrected chi connectivity index (χ4v) is 5.65. The lowest BCUT2D eigenvalue weighted by Crippen LogP contribution is -2.46. The molecule has 3 saturated heterocycles. The van der Waals surface area contributed by atoms with Crippen molar-refractivity contribution in [1.29, 1.82) is 0 Å². The highest BCUT2D eigenvalue weighted by molar-refractivity contribution is 5.79. The van der Waals surface area contributed by atoms with E-state index < -0.39 is 0 Å². The molecule has 4 fully saturated rings. The number of fused-ring (bicyclic) bond motifs is 1. The zero-order valence-electron chi connectivity index (χ0n) is 20.7. The Bertz CT molecular complexity index is 744. The molecule has 2 unspecified atom stereocenters. The number of benzene rings is 1. The van der Waals surface area contributed by atoms with Crippen molar-refractivity contribution in [1.82, 2.24) is 9.80 Å². The van der Waals surface area contributed by atoms with Crippen LogP contribution in [0.2, 0.25) is 0 Å². The van der Waals surface area contributed by atoms with Gasteiger partial charge in [0.1, 0.15) is 0 Å². The van der Waals surface area contributed by atoms with Gasteiger partial charge in [-0.3, -0.25) is 4.79 Å². The topological polar surface area (TPSA) is 58.8 Å². The van der Waals surface area contributed by atoms with E-state index >= 15 is 0 Å². The quantitative estimate of drug-likeness (QED) is 0.691. The average molecular weight is 466 g/mol. The van der Waals surface area contributed by atoms with Gasteiger partial charge < -0.3 is 20.3 Å². The lowest BCUT2D eigenvalue weighted by molar-refractivity contribution is -0.137. The molecule has 2 atom stereocenters. The monoisotopic (exact) mass is 465 g/mol. The first-order valence-corrected chi connectivity index (χ1v) is 12.7. The molecule has 0 spiro atoms. The van der Waals surface area contributed by atoms with Crippen LogP contribution in [-0.4, -0.2) is 67.2 Å². The van der Waals surface area contributed by atoms with E-state index in [9.17, 15) is 4.79 Å². The Kier molecular flexibility index (Phi) is 12.2. The Morgan fingerprint density at radius 3 is 2.26 bits per heavy atom. The summed E-state index contributed by atoms with van der Waals surface area (Å²) in [7, 11) is 0. The van der Waals surface area contributed by atoms with E-state index in [1.807, 2.05) is 4.90 Å². The molecule has 34 heavy (non-hydrogen) atoms. The minimum Gasteiger partial charge on any atom is -0.381 e. The molecule has 1 aromatic carbocycles. The van der Waals surface area contributed by atoms with Crippen LogP contribution in [0, 0.1) is 37.5 Å². The van der Waals surface area contributed by atoms with E-state index in [2.05, 4.69) is 60.9 Å². The van der Waals surface area contributed by atoms with Gasteiger partial charge >= 0.3 is 0 Å². The van der Waals surface area contributed by atoms with Crippen LogP contribution in [0.25, 0.3) is 0 Å². The second-order valence-electron chi connectivity index (χ2n) is 9.71. The number of amides is 1. The maximum atomic E-state index is 12.4. The number of rotatable bonds is 4. The first kappa shape index (κ1) is 27.9. The first-order chi connectivity index (χ1) is 16.6. The van der Waals surface area contributed by atoms with Crippen LogP contribution < -0.4 is 5.73 Å². The van der Waals surface area contributed by atoms with E-state index in [1.54, 1.807) is 0 Å². The predicted molar refractivity (Wildman–Crippen MR) is 140 cm³/mol. The molecule has 186 valence electrons. The molecule has 1 amide bonds. The summed E-state index contributed by atoms with van der Waals surface area (Å²) in [5.74, 6) is 1.06. The van der Waals surface area contributed by atoms with Crippen LogP contribution in [0.5, 0.6) is 0 Å². The van der Waals surface area contributed by atoms with Crippen molar-refractivity contribution in [2.45, 2.75) is 56.9 Å². The summed E-state index contributed by atoms with van der Waals surface area (Å²) in [5.41, 5.74) is 7.80. The number of nitrogens with zero attached hydrogens (tertiary/aromatic N) is 2. The second-order valence-corrected chi connectivity index (χ2v) is 9.71. The summed E-state index contributed by atoms with van der Waals surface area (Å²) >= 11 is 0. The molecule has 5 rings (SSSR count). The van der Waals surface area contributed by atoms with Crippen LogP contribution >= 0.6 is 0 Å². The second kappa shape index (κ2) is 14.8. The number of carbonyl (C=O) groups excluding carboxylic acids is 1. The van der Waals surface area contributed by atoms with Gasteiger partial charge in [0.2, 0.25) is 5.91 Å². The number of ether oxygens (including phenoxy) is 1. The molecule has 2 N–H and O–H groups in total. The minimum atomic E-state index is -0.0686. The van der Waals surface area contributed by atoms with Crippen LogP contribution in [0.3, 0.4) is 0 Å². The van der Waals surface area contributed by atoms with Gasteiger partial charge in [0, 0.05) is 44.3 Å². The van der Waals surface area contributed by atoms with E-state index in [0.717, 1.165) is 45.6 Å². The normalized spacial score (nSPS) is 26.1. The standard InChI is InChI=1S/C13H22N2O2.C12H17N.2C2H2/c14-13-5-1-2-11(13)8-15(9-13)12(16)10-3-6-17-7-4-10;1-2-6-12(7-3-1)8-11-13-9-4-5-10-13;2*1-2/h10-11H,1-9,14H2;1-3,6-7H,4-5,8-11H2;2*1-2H. The molecule has 3 heterocycles. The zero-order valence-corrected chi connectivity index (χ0v) is 20.7. The first-order valence-electron chi connectivity index (χ1n) is 12.7. The highest BCUT2D eigenvalue weighted by Gasteiger charge is 2.48. The number of hydrogen-bond acceptors (Lipinski definition) is 4. The fraction of sp³-hybridized carbons (Fsp3) is 0.621. The maximum Gasteiger partial charge on any atom is 0.225 e. The predicted octanol–water partition coefficient (Wildman–Crippen LogP) is 3.58. The summed E-state index contributed by atoms with van der Waals surface area (Å²) in [6.45, 7) is 7.02. The summed E-state index contributed by atoms with van der Waals surface area (Å²) in [5, 5.41) is 0. The number of likely N-dealkylation sites (tertiary alicyclic amines) is 2. The van der Waals surface area contributed by atoms with Gasteiger partial charge in [-0.1, -0.05) is 36.8 Å². The highest BCUT2D eigenvalue weighted by atomic mass is 16.5. The van der Waals surface area contributed by atoms with Crippen LogP contribution in [-0.2, 0) is 16.0 Å². The Balaban J connectivity index is 0.000000215. The summed E-state index contributed by atoms with van der Waals surface area (Å²) in [6, 6.07) is 10.8. The van der Waals surface area contributed by atoms with Gasteiger partial charge in [-0.2, -0.15) is 0 Å². The van der Waals surface area contributed by atoms with Crippen molar-refractivity contribution in [3.05, 3.63) is 35.9 Å². The van der Waals surface area contributed by atoms with E-state index in [-0.39, 0.29) is 11.5 Å². The molecule has 0 radical (unpaired) electrons. The molecule has 1 saturated carbocycles. The molecule has 5 heteroatoms. The Hall–Kier alpha value is -2.31. The molecule has 0 aromatic heterocycles. The van der Waals surface area contributed by atoms with Crippen molar-refractivity contribution >= 4 is 5.91 Å². The summed E-state index contributed by atoms with van der Waals surface area (Å²) in [4.78, 5) is 17.0. The van der Waals surface area contributed by atoms with Gasteiger partial charge in [0.05, 0.1) is 0 Å². The average Bonchev–Trinajstić information content (AvgIpc) is 3.62. The van der Waals surface area contributed by atoms with Gasteiger partial charge in [-0.05, 0) is 69.5 Å². The lowest BCUT2D eigenvalue weighted by atomic mass is 9.92. The molecule has 3 aliphatic heterocycles. The number of carbonyl (C=O) groups is 1. The smallest absolute Gasteiger partial charge is 0.225 e. The fourth-order valence-electron chi connectivity index (χ4n) is 5.65. The van der Waals surface area contributed by atoms with Crippen molar-refractivity contribution in [2.24, 2.45) is 17.6 Å². The number of hydrogen-bond donors (Lipinski definition) is 1. The molecular formula is C29H43N3O2. The minimum absolute atomic E-state index is 0.0686. The van der Waals surface area contributed by atoms with Gasteiger partial charge in [-0.15, -0.1) is 25.7 Å². The van der Waals surface area contributed by atoms with Crippen molar-refractivity contribution in [2.75, 3.05) is 45.9 Å². The number of nitrogens with two attached hydrogens (primary N) is 1. The molecular weight excluding hydrogens is 422 g/mol. The van der Waals surface area contributed by atoms with Crippen LogP contribution in [0.4, 0.5) is 0 Å². The third-order valence-electron chi connectivity index (χ3n) is 7.57. The van der Waals surface area contributed by atoms with Gasteiger partial charge in [-0.25, -0.2) is 0 Å².